The summed E-state index contributed by atoms with van der Waals surface area (Å²) in [6.45, 7) is 1.71. The fourth-order valence-corrected chi connectivity index (χ4v) is 4.60. The van der Waals surface area contributed by atoms with Crippen molar-refractivity contribution in [1.29, 1.82) is 0 Å². The Morgan fingerprint density at radius 2 is 1.24 bits per heavy atom. The number of carbonyl (C=O) groups is 4. The number of hydrogen-bond acceptors (Lipinski definition) is 11. The van der Waals surface area contributed by atoms with Gasteiger partial charge < -0.3 is 33.5 Å². The molecule has 0 bridgehead atoms. The van der Waals surface area contributed by atoms with Crippen molar-refractivity contribution in [2.75, 3.05) is 19.8 Å². The van der Waals surface area contributed by atoms with Crippen LogP contribution in [-0.2, 0) is 47.6 Å². The number of fused-ring (bicyclic) bond motifs is 2. The third-order valence-corrected chi connectivity index (χ3v) is 6.10. The molecule has 4 rings (SSSR count). The summed E-state index contributed by atoms with van der Waals surface area (Å²) in [7, 11) is 0. The first-order valence-electron chi connectivity index (χ1n) is 10.8. The Bertz CT molecular complexity index is 849. The molecule has 33 heavy (non-hydrogen) atoms. The van der Waals surface area contributed by atoms with Gasteiger partial charge in [-0.3, -0.25) is 4.79 Å². The molecule has 11 nitrogen and oxygen atoms in total. The van der Waals surface area contributed by atoms with Crippen LogP contribution in [0.1, 0.15) is 19.8 Å². The van der Waals surface area contributed by atoms with Gasteiger partial charge in [0.15, 0.2) is 11.9 Å². The van der Waals surface area contributed by atoms with Crippen molar-refractivity contribution < 1.29 is 52.7 Å². The number of ketones is 1. The first kappa shape index (κ1) is 23.6. The Labute approximate surface area is 189 Å². The highest BCUT2D eigenvalue weighted by molar-refractivity contribution is 5.94. The monoisotopic (exact) mass is 466 g/mol. The molecular weight excluding hydrogens is 440 g/mol. The maximum atomic E-state index is 12.2. The smallest absolute Gasteiger partial charge is 0.331 e. The highest BCUT2D eigenvalue weighted by Crippen LogP contribution is 2.39. The summed E-state index contributed by atoms with van der Waals surface area (Å²) in [6.07, 6.45) is 1.46. The number of ether oxygens (including phenoxy) is 6. The van der Waals surface area contributed by atoms with Crippen LogP contribution in [0.3, 0.4) is 0 Å². The second-order valence-corrected chi connectivity index (χ2v) is 8.41. The predicted octanol–water partition coefficient (Wildman–Crippen LogP) is -0.609. The molecule has 0 aromatic rings. The highest BCUT2D eigenvalue weighted by atomic mass is 16.6. The molecular formula is C22H26O11. The van der Waals surface area contributed by atoms with Gasteiger partial charge >= 0.3 is 17.9 Å². The van der Waals surface area contributed by atoms with E-state index < -0.39 is 60.6 Å². The van der Waals surface area contributed by atoms with E-state index in [0.29, 0.717) is 12.8 Å². The summed E-state index contributed by atoms with van der Waals surface area (Å²) in [5.41, 5.74) is 0. The molecule has 1 aliphatic carbocycles. The van der Waals surface area contributed by atoms with Crippen LogP contribution in [0.5, 0.6) is 0 Å². The Hall–Kier alpha value is -2.60. The maximum Gasteiger partial charge on any atom is 0.331 e. The number of esters is 3. The molecule has 4 fully saturated rings. The third-order valence-electron chi connectivity index (χ3n) is 6.10. The normalized spacial score (nSPS) is 37.3. The summed E-state index contributed by atoms with van der Waals surface area (Å²) >= 11 is 0. The van der Waals surface area contributed by atoms with Gasteiger partial charge in [0.1, 0.15) is 36.6 Å². The summed E-state index contributed by atoms with van der Waals surface area (Å²) in [5.74, 6) is -2.50. The second kappa shape index (κ2) is 10.1. The quantitative estimate of drug-likeness (QED) is 0.291. The van der Waals surface area contributed by atoms with Crippen molar-refractivity contribution in [2.45, 2.75) is 62.5 Å². The number of rotatable bonds is 7. The lowest BCUT2D eigenvalue weighted by atomic mass is 10.0. The van der Waals surface area contributed by atoms with E-state index in [4.69, 9.17) is 28.4 Å². The molecule has 1 saturated carbocycles. The molecule has 0 radical (unpaired) electrons. The average molecular weight is 466 g/mol. The number of allylic oxidation sites excluding steroid dienone is 1. The van der Waals surface area contributed by atoms with Crippen LogP contribution in [0.15, 0.2) is 24.3 Å². The third kappa shape index (κ3) is 5.49. The average Bonchev–Trinajstić information content (AvgIpc) is 3.52. The van der Waals surface area contributed by atoms with Crippen LogP contribution >= 0.6 is 0 Å². The summed E-state index contributed by atoms with van der Waals surface area (Å²) in [4.78, 5) is 47.0. The van der Waals surface area contributed by atoms with Crippen molar-refractivity contribution in [2.24, 2.45) is 5.92 Å². The van der Waals surface area contributed by atoms with Gasteiger partial charge in [-0.05, 0) is 25.8 Å². The van der Waals surface area contributed by atoms with Crippen molar-refractivity contribution in [3.8, 4) is 0 Å². The molecule has 0 unspecified atom stereocenters. The zero-order valence-electron chi connectivity index (χ0n) is 18.0. The lowest BCUT2D eigenvalue weighted by Crippen LogP contribution is -2.34. The van der Waals surface area contributed by atoms with Crippen LogP contribution in [0.4, 0.5) is 0 Å². The minimum Gasteiger partial charge on any atom is -0.456 e. The molecule has 1 N–H and O–H groups in total. The number of hydrogen-bond donors (Lipinski definition) is 1. The van der Waals surface area contributed by atoms with E-state index in [1.165, 1.54) is 6.92 Å². The van der Waals surface area contributed by atoms with Gasteiger partial charge in [-0.2, -0.15) is 0 Å². The fourth-order valence-electron chi connectivity index (χ4n) is 4.60. The fraction of sp³-hybridized carbons (Fsp3) is 0.636. The van der Waals surface area contributed by atoms with Crippen LogP contribution in [0.2, 0.25) is 0 Å². The van der Waals surface area contributed by atoms with Gasteiger partial charge in [0.05, 0.1) is 19.8 Å². The summed E-state index contributed by atoms with van der Waals surface area (Å²) in [6, 6.07) is 0. The molecule has 180 valence electrons. The van der Waals surface area contributed by atoms with Crippen molar-refractivity contribution in [1.82, 2.24) is 0 Å². The molecule has 0 aromatic carbocycles. The SMILES string of the molecule is CC(=O)/C=C\C(=O)O[C@@H]1CC[C@H]2[C@@H]1OC[C@@H]2OC(=O)/C=C\C(=O)O[C@@H]1CO[C@H]2[C@@H]1OC[C@H]2O. The standard InChI is InChI=1S/C22H26O11/c1-11(23)2-5-17(25)31-14-4-3-12-15(9-29-20(12)14)32-18(26)6-7-19(27)33-16-10-30-21-13(24)8-28-22(16)21/h2,5-7,12-16,20-22,24H,3-4,8-10H2,1H3/b5-2-,7-6-/t12-,13-,14-,15+,16-,20+,21-,22-/m1/s1. The van der Waals surface area contributed by atoms with E-state index in [2.05, 4.69) is 0 Å². The van der Waals surface area contributed by atoms with Crippen molar-refractivity contribution in [3.05, 3.63) is 24.3 Å². The van der Waals surface area contributed by atoms with E-state index in [1.807, 2.05) is 0 Å². The van der Waals surface area contributed by atoms with E-state index in [-0.39, 0.29) is 31.5 Å². The van der Waals surface area contributed by atoms with Crippen LogP contribution in [0.25, 0.3) is 0 Å². The van der Waals surface area contributed by atoms with Gasteiger partial charge in [0.2, 0.25) is 0 Å². The van der Waals surface area contributed by atoms with E-state index >= 15 is 0 Å². The zero-order valence-corrected chi connectivity index (χ0v) is 18.0. The second-order valence-electron chi connectivity index (χ2n) is 8.41. The number of carbonyl (C=O) groups excluding carboxylic acids is 4. The lowest BCUT2D eigenvalue weighted by Gasteiger charge is -2.18. The van der Waals surface area contributed by atoms with Crippen molar-refractivity contribution >= 4 is 23.7 Å². The molecule has 0 amide bonds. The van der Waals surface area contributed by atoms with E-state index in [9.17, 15) is 24.3 Å². The minimum atomic E-state index is -0.752. The first-order chi connectivity index (χ1) is 15.8. The predicted molar refractivity (Wildman–Crippen MR) is 107 cm³/mol. The molecule has 0 spiro atoms. The molecule has 0 aromatic heterocycles. The molecule has 3 aliphatic heterocycles. The van der Waals surface area contributed by atoms with Gasteiger partial charge in [-0.1, -0.05) is 0 Å². The highest BCUT2D eigenvalue weighted by Gasteiger charge is 2.50. The van der Waals surface area contributed by atoms with E-state index in [1.54, 1.807) is 0 Å². The lowest BCUT2D eigenvalue weighted by molar-refractivity contribution is -0.149. The molecule has 8 atom stereocenters. The Morgan fingerprint density at radius 1 is 0.697 bits per heavy atom. The van der Waals surface area contributed by atoms with Gasteiger partial charge in [0, 0.05) is 24.1 Å². The van der Waals surface area contributed by atoms with Gasteiger partial charge in [-0.15, -0.1) is 0 Å². The maximum absolute atomic E-state index is 12.2. The van der Waals surface area contributed by atoms with Crippen LogP contribution in [0, 0.1) is 5.92 Å². The van der Waals surface area contributed by atoms with Crippen LogP contribution in [-0.4, -0.2) is 91.3 Å². The number of aliphatic hydroxyl groups is 1. The first-order valence-corrected chi connectivity index (χ1v) is 10.8. The van der Waals surface area contributed by atoms with Crippen molar-refractivity contribution in [3.63, 3.8) is 0 Å². The molecule has 3 heterocycles. The largest absolute Gasteiger partial charge is 0.456 e. The van der Waals surface area contributed by atoms with Gasteiger partial charge in [0.25, 0.3) is 0 Å². The van der Waals surface area contributed by atoms with Gasteiger partial charge in [-0.25, -0.2) is 14.4 Å². The number of aliphatic hydroxyl groups excluding tert-OH is 1. The Balaban J connectivity index is 1.22. The van der Waals surface area contributed by atoms with Crippen LogP contribution < -0.4 is 0 Å². The Kier molecular flexibility index (Phi) is 7.23. The zero-order chi connectivity index (χ0) is 23.5. The topological polar surface area (TPSA) is 144 Å². The molecule has 11 heteroatoms. The molecule has 4 aliphatic rings. The summed E-state index contributed by atoms with van der Waals surface area (Å²) in [5, 5.41) is 9.72. The summed E-state index contributed by atoms with van der Waals surface area (Å²) < 4.78 is 32.5. The van der Waals surface area contributed by atoms with E-state index in [0.717, 1.165) is 24.3 Å². The Morgan fingerprint density at radius 3 is 1.94 bits per heavy atom. The molecule has 3 saturated heterocycles. The minimum absolute atomic E-state index is 0.106.